The fraction of sp³-hybridized carbons (Fsp3) is 0.571. The molecule has 116 valence electrons. The van der Waals surface area contributed by atoms with Crippen LogP contribution in [0.5, 0.6) is 0 Å². The lowest BCUT2D eigenvalue weighted by Gasteiger charge is -2.26. The second-order valence-electron chi connectivity index (χ2n) is 4.84. The molecule has 0 aromatic carbocycles. The van der Waals surface area contributed by atoms with Crippen LogP contribution in [0.25, 0.3) is 0 Å². The number of hydrogen-bond donors (Lipinski definition) is 2. The molecule has 0 bridgehead atoms. The van der Waals surface area contributed by atoms with Gasteiger partial charge in [0.2, 0.25) is 0 Å². The van der Waals surface area contributed by atoms with Gasteiger partial charge in [-0.2, -0.15) is 0 Å². The van der Waals surface area contributed by atoms with Crippen LogP contribution in [-0.4, -0.2) is 62.2 Å². The van der Waals surface area contributed by atoms with Crippen LogP contribution in [0, 0.1) is 0 Å². The third kappa shape index (κ3) is 4.84. The second kappa shape index (κ2) is 8.17. The molecule has 1 saturated heterocycles. The van der Waals surface area contributed by atoms with Gasteiger partial charge in [-0.15, -0.1) is 0 Å². The molecule has 1 fully saturated rings. The monoisotopic (exact) mass is 312 g/mol. The van der Waals surface area contributed by atoms with Crippen molar-refractivity contribution in [3.05, 3.63) is 22.8 Å². The molecule has 1 aromatic rings. The van der Waals surface area contributed by atoms with E-state index < -0.39 is 0 Å². The van der Waals surface area contributed by atoms with Crippen molar-refractivity contribution in [2.45, 2.75) is 6.42 Å². The Morgan fingerprint density at radius 1 is 1.43 bits per heavy atom. The van der Waals surface area contributed by atoms with Crippen molar-refractivity contribution in [3.8, 4) is 0 Å². The number of nitrogens with one attached hydrogen (secondary N) is 2. The molecule has 0 unspecified atom stereocenters. The third-order valence-corrected chi connectivity index (χ3v) is 3.66. The van der Waals surface area contributed by atoms with E-state index in [1.54, 1.807) is 19.2 Å². The van der Waals surface area contributed by atoms with E-state index in [2.05, 4.69) is 20.5 Å². The van der Waals surface area contributed by atoms with Crippen LogP contribution in [0.1, 0.15) is 16.9 Å². The largest absolute Gasteiger partial charge is 0.379 e. The lowest BCUT2D eigenvalue weighted by molar-refractivity contribution is 0.0374. The van der Waals surface area contributed by atoms with Crippen LogP contribution >= 0.6 is 11.6 Å². The summed E-state index contributed by atoms with van der Waals surface area (Å²) in [5, 5.41) is 6.11. The predicted octanol–water partition coefficient (Wildman–Crippen LogP) is 1.23. The normalized spacial score (nSPS) is 15.7. The zero-order chi connectivity index (χ0) is 15.1. The van der Waals surface area contributed by atoms with Crippen LogP contribution in [0.2, 0.25) is 5.02 Å². The van der Waals surface area contributed by atoms with Crippen molar-refractivity contribution in [2.24, 2.45) is 0 Å². The number of hydrogen-bond acceptors (Lipinski definition) is 5. The summed E-state index contributed by atoms with van der Waals surface area (Å²) in [4.78, 5) is 18.6. The van der Waals surface area contributed by atoms with Crippen LogP contribution < -0.4 is 10.6 Å². The summed E-state index contributed by atoms with van der Waals surface area (Å²) in [5.74, 6) is 0.386. The van der Waals surface area contributed by atoms with Gasteiger partial charge >= 0.3 is 0 Å². The van der Waals surface area contributed by atoms with Crippen molar-refractivity contribution in [1.82, 2.24) is 15.2 Å². The average Bonchev–Trinajstić information content (AvgIpc) is 2.53. The third-order valence-electron chi connectivity index (χ3n) is 3.36. The maximum atomic E-state index is 12.1. The van der Waals surface area contributed by atoms with Crippen LogP contribution in [0.4, 0.5) is 5.82 Å². The minimum atomic E-state index is -0.237. The van der Waals surface area contributed by atoms with E-state index >= 15 is 0 Å². The average molecular weight is 313 g/mol. The molecule has 1 aliphatic rings. The van der Waals surface area contributed by atoms with Crippen LogP contribution in [-0.2, 0) is 4.74 Å². The van der Waals surface area contributed by atoms with Gasteiger partial charge in [0.15, 0.2) is 0 Å². The lowest BCUT2D eigenvalue weighted by Crippen LogP contribution is -2.38. The van der Waals surface area contributed by atoms with Crippen LogP contribution in [0.15, 0.2) is 12.1 Å². The Morgan fingerprint density at radius 2 is 2.19 bits per heavy atom. The Morgan fingerprint density at radius 3 is 2.90 bits per heavy atom. The smallest absolute Gasteiger partial charge is 0.271 e. The highest BCUT2D eigenvalue weighted by molar-refractivity contribution is 6.33. The molecule has 0 spiro atoms. The zero-order valence-electron chi connectivity index (χ0n) is 12.2. The number of amides is 1. The summed E-state index contributed by atoms with van der Waals surface area (Å²) in [5.41, 5.74) is 0.259. The topological polar surface area (TPSA) is 66.5 Å². The van der Waals surface area contributed by atoms with Crippen molar-refractivity contribution in [1.29, 1.82) is 0 Å². The minimum absolute atomic E-state index is 0.237. The summed E-state index contributed by atoms with van der Waals surface area (Å²) in [7, 11) is 1.75. The van der Waals surface area contributed by atoms with Gasteiger partial charge in [-0.1, -0.05) is 11.6 Å². The first kappa shape index (κ1) is 16.0. The molecule has 21 heavy (non-hydrogen) atoms. The summed E-state index contributed by atoms with van der Waals surface area (Å²) in [6, 6.07) is 3.40. The molecule has 6 nitrogen and oxygen atoms in total. The number of pyridine rings is 1. The Kier molecular flexibility index (Phi) is 6.22. The molecule has 0 radical (unpaired) electrons. The Bertz CT molecular complexity index is 478. The molecule has 7 heteroatoms. The molecular weight excluding hydrogens is 292 g/mol. The van der Waals surface area contributed by atoms with Gasteiger partial charge in [0.1, 0.15) is 11.5 Å². The number of morpholine rings is 1. The Balaban J connectivity index is 1.76. The molecule has 1 aliphatic heterocycles. The van der Waals surface area contributed by atoms with Gasteiger partial charge in [-0.05, 0) is 25.1 Å². The van der Waals surface area contributed by atoms with Crippen molar-refractivity contribution in [2.75, 3.05) is 51.8 Å². The predicted molar refractivity (Wildman–Crippen MR) is 83.0 cm³/mol. The van der Waals surface area contributed by atoms with E-state index in [-0.39, 0.29) is 11.6 Å². The van der Waals surface area contributed by atoms with E-state index in [9.17, 15) is 4.79 Å². The molecule has 0 aliphatic carbocycles. The fourth-order valence-corrected chi connectivity index (χ4v) is 2.34. The van der Waals surface area contributed by atoms with E-state index in [0.717, 1.165) is 39.3 Å². The van der Waals surface area contributed by atoms with E-state index in [1.807, 2.05) is 0 Å². The summed E-state index contributed by atoms with van der Waals surface area (Å²) < 4.78 is 5.30. The number of ether oxygens (including phenoxy) is 1. The Hall–Kier alpha value is -1.37. The van der Waals surface area contributed by atoms with Gasteiger partial charge in [0.05, 0.1) is 18.2 Å². The molecular formula is C14H21ClN4O2. The number of anilines is 1. The minimum Gasteiger partial charge on any atom is -0.379 e. The highest BCUT2D eigenvalue weighted by atomic mass is 35.5. The quantitative estimate of drug-likeness (QED) is 0.773. The number of halogens is 1. The SMILES string of the molecule is CNc1ccc(Cl)c(C(=O)NCCCN2CCOCC2)n1. The number of carbonyl (C=O) groups is 1. The van der Waals surface area contributed by atoms with Crippen LogP contribution in [0.3, 0.4) is 0 Å². The van der Waals surface area contributed by atoms with Crippen molar-refractivity contribution in [3.63, 3.8) is 0 Å². The van der Waals surface area contributed by atoms with Gasteiger partial charge in [0.25, 0.3) is 5.91 Å². The lowest BCUT2D eigenvalue weighted by atomic mass is 10.3. The summed E-state index contributed by atoms with van der Waals surface area (Å²) >= 11 is 6.01. The molecule has 1 amide bonds. The highest BCUT2D eigenvalue weighted by Gasteiger charge is 2.13. The number of aromatic nitrogens is 1. The maximum absolute atomic E-state index is 12.1. The van der Waals surface area contributed by atoms with Gasteiger partial charge in [0, 0.05) is 26.7 Å². The first-order valence-corrected chi connectivity index (χ1v) is 7.51. The Labute approximate surface area is 129 Å². The van der Waals surface area contributed by atoms with Crippen molar-refractivity contribution < 1.29 is 9.53 Å². The first-order chi connectivity index (χ1) is 10.2. The summed E-state index contributed by atoms with van der Waals surface area (Å²) in [6.45, 7) is 5.09. The number of nitrogens with zero attached hydrogens (tertiary/aromatic N) is 2. The molecule has 1 aromatic heterocycles. The van der Waals surface area contributed by atoms with E-state index in [4.69, 9.17) is 16.3 Å². The van der Waals surface area contributed by atoms with Gasteiger partial charge < -0.3 is 15.4 Å². The number of rotatable bonds is 6. The van der Waals surface area contributed by atoms with E-state index in [1.165, 1.54) is 0 Å². The van der Waals surface area contributed by atoms with Gasteiger partial charge in [-0.25, -0.2) is 4.98 Å². The second-order valence-corrected chi connectivity index (χ2v) is 5.25. The molecule has 0 atom stereocenters. The molecule has 2 N–H and O–H groups in total. The fourth-order valence-electron chi connectivity index (χ4n) is 2.15. The molecule has 2 heterocycles. The van der Waals surface area contributed by atoms with Gasteiger partial charge in [-0.3, -0.25) is 9.69 Å². The molecule has 2 rings (SSSR count). The standard InChI is InChI=1S/C14H21ClN4O2/c1-16-12-4-3-11(15)13(18-12)14(20)17-5-2-6-19-7-9-21-10-8-19/h3-4H,2,5-10H2,1H3,(H,16,18)(H,17,20). The highest BCUT2D eigenvalue weighted by Crippen LogP contribution is 2.16. The van der Waals surface area contributed by atoms with E-state index in [0.29, 0.717) is 17.4 Å². The summed E-state index contributed by atoms with van der Waals surface area (Å²) in [6.07, 6.45) is 0.898. The number of carbonyl (C=O) groups excluding carboxylic acids is 1. The zero-order valence-corrected chi connectivity index (χ0v) is 12.9. The first-order valence-electron chi connectivity index (χ1n) is 7.13. The van der Waals surface area contributed by atoms with Crippen molar-refractivity contribution >= 4 is 23.3 Å². The maximum Gasteiger partial charge on any atom is 0.271 e. The molecule has 0 saturated carbocycles.